The number of amides is 2. The molecule has 2 unspecified atom stereocenters. The molecule has 1 heterocycles. The first-order chi connectivity index (χ1) is 12.1. The lowest BCUT2D eigenvalue weighted by Crippen LogP contribution is -2.44. The zero-order chi connectivity index (χ0) is 17.8. The Morgan fingerprint density at radius 2 is 1.80 bits per heavy atom. The molecular formula is C20H22N2O3. The van der Waals surface area contributed by atoms with Crippen LogP contribution in [0.15, 0.2) is 54.6 Å². The summed E-state index contributed by atoms with van der Waals surface area (Å²) in [4.78, 5) is 26.8. The van der Waals surface area contributed by atoms with Gasteiger partial charge < -0.3 is 15.0 Å². The van der Waals surface area contributed by atoms with E-state index < -0.39 is 0 Å². The summed E-state index contributed by atoms with van der Waals surface area (Å²) < 4.78 is 5.30. The number of piperidine rings is 1. The normalized spacial score (nSPS) is 20.2. The summed E-state index contributed by atoms with van der Waals surface area (Å²) in [5.74, 6) is 0.273. The van der Waals surface area contributed by atoms with Crippen molar-refractivity contribution in [1.29, 1.82) is 0 Å². The molecule has 2 aromatic rings. The van der Waals surface area contributed by atoms with Crippen molar-refractivity contribution in [2.24, 2.45) is 5.92 Å². The molecule has 5 heteroatoms. The van der Waals surface area contributed by atoms with Crippen molar-refractivity contribution in [3.63, 3.8) is 0 Å². The Hall–Kier alpha value is -2.82. The topological polar surface area (TPSA) is 58.6 Å². The molecule has 0 bridgehead atoms. The number of methoxy groups -OCH3 is 1. The fourth-order valence-electron chi connectivity index (χ4n) is 3.39. The van der Waals surface area contributed by atoms with Crippen LogP contribution in [0.1, 0.15) is 24.4 Å². The van der Waals surface area contributed by atoms with Crippen molar-refractivity contribution >= 4 is 17.5 Å². The maximum atomic E-state index is 13.0. The first-order valence-corrected chi connectivity index (χ1v) is 8.36. The summed E-state index contributed by atoms with van der Waals surface area (Å²) >= 11 is 0. The van der Waals surface area contributed by atoms with E-state index in [9.17, 15) is 9.59 Å². The van der Waals surface area contributed by atoms with Crippen LogP contribution in [-0.2, 0) is 9.59 Å². The number of anilines is 1. The third kappa shape index (κ3) is 3.50. The monoisotopic (exact) mass is 338 g/mol. The summed E-state index contributed by atoms with van der Waals surface area (Å²) in [5, 5.41) is 2.96. The molecule has 2 aromatic carbocycles. The second kappa shape index (κ2) is 7.38. The molecule has 2 atom stereocenters. The van der Waals surface area contributed by atoms with Crippen LogP contribution in [0.5, 0.6) is 5.75 Å². The third-order valence-electron chi connectivity index (χ3n) is 4.70. The molecule has 0 aliphatic carbocycles. The lowest BCUT2D eigenvalue weighted by atomic mass is 9.84. The van der Waals surface area contributed by atoms with Gasteiger partial charge in [-0.2, -0.15) is 0 Å². The fraction of sp³-hybridized carbons (Fsp3) is 0.300. The van der Waals surface area contributed by atoms with E-state index in [-0.39, 0.29) is 23.8 Å². The molecule has 2 amide bonds. The minimum absolute atomic E-state index is 0.0650. The van der Waals surface area contributed by atoms with E-state index in [2.05, 4.69) is 5.32 Å². The fourth-order valence-corrected chi connectivity index (χ4v) is 3.39. The van der Waals surface area contributed by atoms with Crippen molar-refractivity contribution < 1.29 is 14.3 Å². The summed E-state index contributed by atoms with van der Waals surface area (Å²) in [6.45, 7) is 0. The largest absolute Gasteiger partial charge is 0.495 e. The standard InChI is InChI=1S/C20H22N2O3/c1-22-18(23)13-12-15(19(22)14-8-4-3-5-9-14)20(24)21-16-10-6-7-11-17(16)25-2/h3-11,15,19H,12-13H2,1-2H3,(H,21,24). The molecule has 1 saturated heterocycles. The van der Waals surface area contributed by atoms with Gasteiger partial charge in [-0.05, 0) is 24.1 Å². The molecule has 0 aromatic heterocycles. The first kappa shape index (κ1) is 17.0. The Morgan fingerprint density at radius 1 is 1.12 bits per heavy atom. The molecule has 130 valence electrons. The summed E-state index contributed by atoms with van der Waals surface area (Å²) in [6, 6.07) is 16.8. The van der Waals surface area contributed by atoms with Gasteiger partial charge in [-0.25, -0.2) is 0 Å². The number of hydrogen-bond donors (Lipinski definition) is 1. The number of carbonyl (C=O) groups is 2. The van der Waals surface area contributed by atoms with Crippen molar-refractivity contribution in [3.8, 4) is 5.75 Å². The number of carbonyl (C=O) groups excluding carboxylic acids is 2. The highest BCUT2D eigenvalue weighted by atomic mass is 16.5. The van der Waals surface area contributed by atoms with Crippen LogP contribution < -0.4 is 10.1 Å². The molecule has 1 aliphatic rings. The van der Waals surface area contributed by atoms with Crippen LogP contribution in [0, 0.1) is 5.92 Å². The van der Waals surface area contributed by atoms with Crippen molar-refractivity contribution in [2.45, 2.75) is 18.9 Å². The van der Waals surface area contributed by atoms with Gasteiger partial charge in [0.15, 0.2) is 0 Å². The smallest absolute Gasteiger partial charge is 0.230 e. The number of nitrogens with zero attached hydrogens (tertiary/aromatic N) is 1. The average Bonchev–Trinajstić information content (AvgIpc) is 2.65. The van der Waals surface area contributed by atoms with Crippen molar-refractivity contribution in [3.05, 3.63) is 60.2 Å². The molecule has 1 aliphatic heterocycles. The minimum Gasteiger partial charge on any atom is -0.495 e. The Bertz CT molecular complexity index is 761. The SMILES string of the molecule is COc1ccccc1NC(=O)C1CCC(=O)N(C)C1c1ccccc1. The molecule has 5 nitrogen and oxygen atoms in total. The lowest BCUT2D eigenvalue weighted by Gasteiger charge is -2.38. The van der Waals surface area contributed by atoms with Crippen LogP contribution in [0.4, 0.5) is 5.69 Å². The third-order valence-corrected chi connectivity index (χ3v) is 4.70. The zero-order valence-electron chi connectivity index (χ0n) is 14.4. The number of ether oxygens (including phenoxy) is 1. The van der Waals surface area contributed by atoms with E-state index in [1.54, 1.807) is 25.1 Å². The van der Waals surface area contributed by atoms with E-state index in [1.807, 2.05) is 48.5 Å². The van der Waals surface area contributed by atoms with Crippen LogP contribution >= 0.6 is 0 Å². The van der Waals surface area contributed by atoms with E-state index in [4.69, 9.17) is 4.74 Å². The van der Waals surface area contributed by atoms with Gasteiger partial charge in [-0.3, -0.25) is 9.59 Å². The van der Waals surface area contributed by atoms with E-state index in [0.717, 1.165) is 5.56 Å². The van der Waals surface area contributed by atoms with Gasteiger partial charge in [-0.15, -0.1) is 0 Å². The van der Waals surface area contributed by atoms with Gasteiger partial charge in [-0.1, -0.05) is 42.5 Å². The van der Waals surface area contributed by atoms with E-state index in [0.29, 0.717) is 24.3 Å². The van der Waals surface area contributed by atoms with Gasteiger partial charge in [0.25, 0.3) is 0 Å². The second-order valence-corrected chi connectivity index (χ2v) is 6.19. The highest BCUT2D eigenvalue weighted by Crippen LogP contribution is 2.37. The Labute approximate surface area is 147 Å². The number of likely N-dealkylation sites (tertiary alicyclic amines) is 1. The van der Waals surface area contributed by atoms with Gasteiger partial charge in [0.2, 0.25) is 11.8 Å². The van der Waals surface area contributed by atoms with Crippen LogP contribution in [0.25, 0.3) is 0 Å². The molecule has 1 N–H and O–H groups in total. The number of para-hydroxylation sites is 2. The zero-order valence-corrected chi connectivity index (χ0v) is 14.4. The minimum atomic E-state index is -0.310. The van der Waals surface area contributed by atoms with Crippen LogP contribution in [-0.4, -0.2) is 30.9 Å². The maximum absolute atomic E-state index is 13.0. The van der Waals surface area contributed by atoms with Gasteiger partial charge >= 0.3 is 0 Å². The lowest BCUT2D eigenvalue weighted by molar-refractivity contribution is -0.140. The Morgan fingerprint density at radius 3 is 2.52 bits per heavy atom. The molecule has 25 heavy (non-hydrogen) atoms. The first-order valence-electron chi connectivity index (χ1n) is 8.36. The van der Waals surface area contributed by atoms with Crippen LogP contribution in [0.2, 0.25) is 0 Å². The molecule has 0 saturated carbocycles. The summed E-state index contributed by atoms with van der Waals surface area (Å²) in [7, 11) is 3.34. The molecule has 0 spiro atoms. The predicted octanol–water partition coefficient (Wildman–Crippen LogP) is 3.24. The highest BCUT2D eigenvalue weighted by molar-refractivity contribution is 5.95. The van der Waals surface area contributed by atoms with Crippen LogP contribution in [0.3, 0.4) is 0 Å². The summed E-state index contributed by atoms with van der Waals surface area (Å²) in [6.07, 6.45) is 0.910. The van der Waals surface area contributed by atoms with Gasteiger partial charge in [0.1, 0.15) is 5.75 Å². The maximum Gasteiger partial charge on any atom is 0.230 e. The summed E-state index contributed by atoms with van der Waals surface area (Å²) in [5.41, 5.74) is 1.61. The van der Waals surface area contributed by atoms with Gasteiger partial charge in [0.05, 0.1) is 24.8 Å². The molecular weight excluding hydrogens is 316 g/mol. The Balaban J connectivity index is 1.88. The quantitative estimate of drug-likeness (QED) is 0.931. The molecule has 0 radical (unpaired) electrons. The van der Waals surface area contributed by atoms with Crippen molar-refractivity contribution in [2.75, 3.05) is 19.5 Å². The Kier molecular flexibility index (Phi) is 5.03. The second-order valence-electron chi connectivity index (χ2n) is 6.19. The number of nitrogens with one attached hydrogen (secondary N) is 1. The number of rotatable bonds is 4. The number of benzene rings is 2. The average molecular weight is 338 g/mol. The number of hydrogen-bond acceptors (Lipinski definition) is 3. The van der Waals surface area contributed by atoms with E-state index in [1.165, 1.54) is 0 Å². The predicted molar refractivity (Wildman–Crippen MR) is 96.3 cm³/mol. The highest BCUT2D eigenvalue weighted by Gasteiger charge is 2.38. The van der Waals surface area contributed by atoms with Gasteiger partial charge in [0, 0.05) is 13.5 Å². The molecule has 3 rings (SSSR count). The van der Waals surface area contributed by atoms with E-state index >= 15 is 0 Å². The molecule has 1 fully saturated rings. The van der Waals surface area contributed by atoms with Crippen molar-refractivity contribution in [1.82, 2.24) is 4.90 Å².